The first-order chi connectivity index (χ1) is 6.65. The van der Waals surface area contributed by atoms with Gasteiger partial charge in [-0.15, -0.1) is 0 Å². The molecule has 1 nitrogen and oxygen atoms in total. The van der Waals surface area contributed by atoms with E-state index < -0.39 is 0 Å². The van der Waals surface area contributed by atoms with E-state index in [0.29, 0.717) is 16.1 Å². The van der Waals surface area contributed by atoms with E-state index in [1.807, 2.05) is 6.07 Å². The van der Waals surface area contributed by atoms with Crippen molar-refractivity contribution < 1.29 is 9.13 Å². The van der Waals surface area contributed by atoms with E-state index in [1.165, 1.54) is 6.07 Å². The molecule has 0 saturated heterocycles. The lowest BCUT2D eigenvalue weighted by Crippen LogP contribution is -2.33. The Morgan fingerprint density at radius 1 is 1.43 bits per heavy atom. The minimum atomic E-state index is -0.197. The van der Waals surface area contributed by atoms with E-state index >= 15 is 0 Å². The average Bonchev–Trinajstić information content (AvgIpc) is 2.09. The summed E-state index contributed by atoms with van der Waals surface area (Å²) in [5, 5.41) is 0. The van der Waals surface area contributed by atoms with Gasteiger partial charge < -0.3 is 4.74 Å². The van der Waals surface area contributed by atoms with E-state index in [2.05, 4.69) is 15.9 Å². The molecule has 0 amide bonds. The lowest BCUT2D eigenvalue weighted by Gasteiger charge is -2.31. The Morgan fingerprint density at radius 2 is 2.14 bits per heavy atom. The first-order valence-electron chi connectivity index (χ1n) is 4.72. The summed E-state index contributed by atoms with van der Waals surface area (Å²) in [4.78, 5) is 0.572. The molecule has 3 heteroatoms. The highest BCUT2D eigenvalue weighted by Crippen LogP contribution is 2.31. The number of hydrogen-bond acceptors (Lipinski definition) is 1. The van der Waals surface area contributed by atoms with Crippen LogP contribution >= 0.6 is 15.9 Å². The third-order valence-corrected chi connectivity index (χ3v) is 3.23. The summed E-state index contributed by atoms with van der Waals surface area (Å²) in [6, 6.07) is 5.02. The Labute approximate surface area is 91.4 Å². The molecular formula is C11H12BrFO. The molecule has 1 aromatic carbocycles. The number of halogens is 2. The number of rotatable bonds is 2. The molecule has 2 rings (SSSR count). The van der Waals surface area contributed by atoms with Gasteiger partial charge in [0.2, 0.25) is 0 Å². The minimum Gasteiger partial charge on any atom is -0.490 e. The maximum atomic E-state index is 13.1. The highest BCUT2D eigenvalue weighted by atomic mass is 79.9. The standard InChI is InChI=1S/C11H12BrFO/c1-7-2-3-9(6-11(7)13)14-10-4-8(12)5-10/h2-3,6,8,10H,4-5H2,1H3. The smallest absolute Gasteiger partial charge is 0.129 e. The molecule has 1 saturated carbocycles. The quantitative estimate of drug-likeness (QED) is 0.739. The highest BCUT2D eigenvalue weighted by Gasteiger charge is 2.28. The number of benzene rings is 1. The molecule has 0 N–H and O–H groups in total. The summed E-state index contributed by atoms with van der Waals surface area (Å²) >= 11 is 3.49. The largest absolute Gasteiger partial charge is 0.490 e. The lowest BCUT2D eigenvalue weighted by atomic mass is 9.96. The summed E-state index contributed by atoms with van der Waals surface area (Å²) in [5.74, 6) is 0.440. The zero-order valence-corrected chi connectivity index (χ0v) is 9.55. The van der Waals surface area contributed by atoms with Gasteiger partial charge in [-0.25, -0.2) is 4.39 Å². The molecule has 0 bridgehead atoms. The summed E-state index contributed by atoms with van der Waals surface area (Å²) < 4.78 is 18.7. The molecular weight excluding hydrogens is 247 g/mol. The molecule has 0 unspecified atom stereocenters. The van der Waals surface area contributed by atoms with Crippen LogP contribution in [0.1, 0.15) is 18.4 Å². The molecule has 0 aromatic heterocycles. The van der Waals surface area contributed by atoms with Crippen LogP contribution in [-0.2, 0) is 0 Å². The molecule has 1 fully saturated rings. The van der Waals surface area contributed by atoms with Crippen molar-refractivity contribution in [1.82, 2.24) is 0 Å². The van der Waals surface area contributed by atoms with Gasteiger partial charge >= 0.3 is 0 Å². The second kappa shape index (κ2) is 3.89. The highest BCUT2D eigenvalue weighted by molar-refractivity contribution is 9.09. The Kier molecular flexibility index (Phi) is 2.77. The Hall–Kier alpha value is -0.570. The number of alkyl halides is 1. The van der Waals surface area contributed by atoms with Crippen LogP contribution in [0.5, 0.6) is 5.75 Å². The van der Waals surface area contributed by atoms with Gasteiger partial charge in [0, 0.05) is 10.9 Å². The SMILES string of the molecule is Cc1ccc(OC2CC(Br)C2)cc1F. The molecule has 0 aliphatic heterocycles. The van der Waals surface area contributed by atoms with Gasteiger partial charge in [-0.05, 0) is 31.4 Å². The van der Waals surface area contributed by atoms with E-state index in [-0.39, 0.29) is 11.9 Å². The van der Waals surface area contributed by atoms with Gasteiger partial charge in [0.25, 0.3) is 0 Å². The Balaban J connectivity index is 2.00. The number of ether oxygens (including phenoxy) is 1. The summed E-state index contributed by atoms with van der Waals surface area (Å²) in [6.07, 6.45) is 2.27. The normalized spacial score (nSPS) is 25.6. The van der Waals surface area contributed by atoms with E-state index in [0.717, 1.165) is 12.8 Å². The van der Waals surface area contributed by atoms with Crippen LogP contribution in [0.4, 0.5) is 4.39 Å². The molecule has 1 aromatic rings. The van der Waals surface area contributed by atoms with Crippen LogP contribution in [0.15, 0.2) is 18.2 Å². The van der Waals surface area contributed by atoms with E-state index in [1.54, 1.807) is 13.0 Å². The third kappa shape index (κ3) is 2.08. The molecule has 0 heterocycles. The molecule has 0 spiro atoms. The molecule has 0 atom stereocenters. The van der Waals surface area contributed by atoms with Crippen LogP contribution in [0.2, 0.25) is 0 Å². The molecule has 14 heavy (non-hydrogen) atoms. The van der Waals surface area contributed by atoms with Crippen molar-refractivity contribution in [2.24, 2.45) is 0 Å². The average molecular weight is 259 g/mol. The second-order valence-electron chi connectivity index (χ2n) is 3.72. The van der Waals surface area contributed by atoms with Crippen LogP contribution in [0.25, 0.3) is 0 Å². The van der Waals surface area contributed by atoms with Crippen LogP contribution in [-0.4, -0.2) is 10.9 Å². The molecule has 1 aliphatic rings. The summed E-state index contributed by atoms with van der Waals surface area (Å²) in [6.45, 7) is 1.75. The fourth-order valence-electron chi connectivity index (χ4n) is 1.44. The minimum absolute atomic E-state index is 0.197. The van der Waals surface area contributed by atoms with Crippen molar-refractivity contribution in [2.45, 2.75) is 30.7 Å². The second-order valence-corrected chi connectivity index (χ2v) is 5.01. The van der Waals surface area contributed by atoms with Crippen molar-refractivity contribution in [2.75, 3.05) is 0 Å². The van der Waals surface area contributed by atoms with E-state index in [9.17, 15) is 4.39 Å². The first kappa shape index (κ1) is 9.97. The topological polar surface area (TPSA) is 9.23 Å². The van der Waals surface area contributed by atoms with Gasteiger partial charge in [0.05, 0.1) is 0 Å². The maximum Gasteiger partial charge on any atom is 0.129 e. The van der Waals surface area contributed by atoms with Crippen LogP contribution in [0, 0.1) is 12.7 Å². The monoisotopic (exact) mass is 258 g/mol. The van der Waals surface area contributed by atoms with Crippen molar-refractivity contribution >= 4 is 15.9 Å². The zero-order chi connectivity index (χ0) is 10.1. The van der Waals surface area contributed by atoms with Crippen LogP contribution < -0.4 is 4.74 Å². The predicted molar refractivity (Wildman–Crippen MR) is 57.5 cm³/mol. The first-order valence-corrected chi connectivity index (χ1v) is 5.63. The Morgan fingerprint density at radius 3 is 2.71 bits per heavy atom. The van der Waals surface area contributed by atoms with Gasteiger partial charge in [-0.3, -0.25) is 0 Å². The van der Waals surface area contributed by atoms with Crippen molar-refractivity contribution in [3.8, 4) is 5.75 Å². The van der Waals surface area contributed by atoms with Gasteiger partial charge in [0.15, 0.2) is 0 Å². The maximum absolute atomic E-state index is 13.1. The van der Waals surface area contributed by atoms with Gasteiger partial charge in [-0.1, -0.05) is 22.0 Å². The fourth-order valence-corrected chi connectivity index (χ4v) is 2.27. The Bertz CT molecular complexity index is 334. The molecule has 0 radical (unpaired) electrons. The predicted octanol–water partition coefficient (Wildman–Crippen LogP) is 3.44. The summed E-state index contributed by atoms with van der Waals surface area (Å²) in [5.41, 5.74) is 0.657. The third-order valence-electron chi connectivity index (χ3n) is 2.48. The number of aryl methyl sites for hydroxylation is 1. The number of hydrogen-bond donors (Lipinski definition) is 0. The fraction of sp³-hybridized carbons (Fsp3) is 0.455. The molecule has 76 valence electrons. The van der Waals surface area contributed by atoms with Gasteiger partial charge in [-0.2, -0.15) is 0 Å². The zero-order valence-electron chi connectivity index (χ0n) is 7.97. The summed E-state index contributed by atoms with van der Waals surface area (Å²) in [7, 11) is 0. The van der Waals surface area contributed by atoms with Crippen LogP contribution in [0.3, 0.4) is 0 Å². The molecule has 1 aliphatic carbocycles. The van der Waals surface area contributed by atoms with E-state index in [4.69, 9.17) is 4.74 Å². The van der Waals surface area contributed by atoms with Crippen molar-refractivity contribution in [3.05, 3.63) is 29.6 Å². The van der Waals surface area contributed by atoms with Crippen molar-refractivity contribution in [1.29, 1.82) is 0 Å². The lowest BCUT2D eigenvalue weighted by molar-refractivity contribution is 0.127. The van der Waals surface area contributed by atoms with Crippen molar-refractivity contribution in [3.63, 3.8) is 0 Å². The van der Waals surface area contributed by atoms with Gasteiger partial charge in [0.1, 0.15) is 17.7 Å².